The zero-order valence-electron chi connectivity index (χ0n) is 14.8. The number of rotatable bonds is 7. The first-order chi connectivity index (χ1) is 12.1. The molecule has 1 fully saturated rings. The monoisotopic (exact) mass is 373 g/mol. The van der Waals surface area contributed by atoms with Crippen LogP contribution in [0.1, 0.15) is 48.7 Å². The molecular formula is C17H22F3N3O3. The van der Waals surface area contributed by atoms with E-state index in [4.69, 9.17) is 4.74 Å². The Morgan fingerprint density at radius 3 is 2.50 bits per heavy atom. The number of alkyl halides is 3. The van der Waals surface area contributed by atoms with Gasteiger partial charge in [-0.3, -0.25) is 14.6 Å². The summed E-state index contributed by atoms with van der Waals surface area (Å²) in [5.41, 5.74) is 0.471. The lowest BCUT2D eigenvalue weighted by Gasteiger charge is -2.21. The van der Waals surface area contributed by atoms with Crippen LogP contribution >= 0.6 is 0 Å². The number of halogens is 3. The maximum atomic E-state index is 12.5. The van der Waals surface area contributed by atoms with Gasteiger partial charge in [0, 0.05) is 24.9 Å². The predicted octanol–water partition coefficient (Wildman–Crippen LogP) is 2.40. The molecule has 1 heterocycles. The summed E-state index contributed by atoms with van der Waals surface area (Å²) in [5.74, 6) is -1.07. The summed E-state index contributed by atoms with van der Waals surface area (Å²) >= 11 is 0. The molecule has 6 nitrogen and oxygen atoms in total. The lowest BCUT2D eigenvalue weighted by molar-refractivity contribution is -0.153. The highest BCUT2D eigenvalue weighted by atomic mass is 19.4. The summed E-state index contributed by atoms with van der Waals surface area (Å²) < 4.78 is 42.3. The van der Waals surface area contributed by atoms with E-state index in [0.29, 0.717) is 5.56 Å². The summed E-state index contributed by atoms with van der Waals surface area (Å²) in [7, 11) is 1.45. The van der Waals surface area contributed by atoms with Gasteiger partial charge >= 0.3 is 6.18 Å². The van der Waals surface area contributed by atoms with Crippen LogP contribution in [-0.4, -0.2) is 42.7 Å². The molecule has 2 N–H and O–H groups in total. The minimum Gasteiger partial charge on any atom is -0.484 e. The van der Waals surface area contributed by atoms with Crippen molar-refractivity contribution >= 4 is 11.8 Å². The SMILES string of the molecule is CNC(=O)C(NC(=O)c1cc(OCC(F)(F)F)c(C2CC2)cn1)C(C)C. The van der Waals surface area contributed by atoms with Gasteiger partial charge in [-0.25, -0.2) is 0 Å². The number of carbonyl (C=O) groups excluding carboxylic acids is 2. The van der Waals surface area contributed by atoms with E-state index in [9.17, 15) is 22.8 Å². The van der Waals surface area contributed by atoms with Crippen LogP contribution in [0.2, 0.25) is 0 Å². The average molecular weight is 373 g/mol. The molecule has 0 radical (unpaired) electrons. The van der Waals surface area contributed by atoms with Gasteiger partial charge in [0.2, 0.25) is 5.91 Å². The van der Waals surface area contributed by atoms with Gasteiger partial charge in [-0.2, -0.15) is 13.2 Å². The zero-order valence-corrected chi connectivity index (χ0v) is 14.8. The third-order valence-corrected chi connectivity index (χ3v) is 4.02. The molecule has 1 aromatic heterocycles. The largest absolute Gasteiger partial charge is 0.484 e. The number of hydrogen-bond acceptors (Lipinski definition) is 4. The molecule has 9 heteroatoms. The molecule has 0 aromatic carbocycles. The van der Waals surface area contributed by atoms with Gasteiger partial charge in [0.05, 0.1) is 0 Å². The van der Waals surface area contributed by atoms with Crippen molar-refractivity contribution < 1.29 is 27.5 Å². The van der Waals surface area contributed by atoms with Crippen LogP contribution in [0.3, 0.4) is 0 Å². The highest BCUT2D eigenvalue weighted by Gasteiger charge is 2.32. The summed E-state index contributed by atoms with van der Waals surface area (Å²) in [6.07, 6.45) is -1.40. The van der Waals surface area contributed by atoms with Gasteiger partial charge in [-0.05, 0) is 24.7 Å². The second-order valence-electron chi connectivity index (χ2n) is 6.59. The molecule has 1 aromatic rings. The van der Waals surface area contributed by atoms with Crippen LogP contribution in [0.25, 0.3) is 0 Å². The number of nitrogens with zero attached hydrogens (tertiary/aromatic N) is 1. The van der Waals surface area contributed by atoms with Crippen molar-refractivity contribution in [3.8, 4) is 5.75 Å². The number of nitrogens with one attached hydrogen (secondary N) is 2. The maximum absolute atomic E-state index is 12.5. The standard InChI is InChI=1S/C17H22F3N3O3/c1-9(2)14(16(25)21-3)23-15(24)12-6-13(26-8-17(18,19)20)11(7-22-12)10-4-5-10/h6-7,9-10,14H,4-5,8H2,1-3H3,(H,21,25)(H,23,24). The van der Waals surface area contributed by atoms with E-state index in [0.717, 1.165) is 12.8 Å². The van der Waals surface area contributed by atoms with E-state index in [1.807, 2.05) is 0 Å². The van der Waals surface area contributed by atoms with E-state index >= 15 is 0 Å². The van der Waals surface area contributed by atoms with Gasteiger partial charge in [0.15, 0.2) is 6.61 Å². The Labute approximate surface area is 149 Å². The van der Waals surface area contributed by atoms with Crippen LogP contribution in [0.4, 0.5) is 13.2 Å². The first-order valence-corrected chi connectivity index (χ1v) is 8.34. The third-order valence-electron chi connectivity index (χ3n) is 4.02. The van der Waals surface area contributed by atoms with Crippen LogP contribution in [-0.2, 0) is 4.79 Å². The number of likely N-dealkylation sites (N-methyl/N-ethyl adjacent to an activating group) is 1. The van der Waals surface area contributed by atoms with Gasteiger partial charge in [-0.1, -0.05) is 13.8 Å². The van der Waals surface area contributed by atoms with Crippen molar-refractivity contribution in [3.05, 3.63) is 23.5 Å². The Morgan fingerprint density at radius 2 is 2.00 bits per heavy atom. The van der Waals surface area contributed by atoms with Crippen molar-refractivity contribution in [1.82, 2.24) is 15.6 Å². The minimum atomic E-state index is -4.48. The van der Waals surface area contributed by atoms with E-state index in [2.05, 4.69) is 15.6 Å². The van der Waals surface area contributed by atoms with Crippen molar-refractivity contribution in [1.29, 1.82) is 0 Å². The van der Waals surface area contributed by atoms with E-state index < -0.39 is 24.7 Å². The normalized spacial score (nSPS) is 15.5. The number of hydrogen-bond donors (Lipinski definition) is 2. The Balaban J connectivity index is 2.20. The second-order valence-corrected chi connectivity index (χ2v) is 6.59. The quantitative estimate of drug-likeness (QED) is 0.769. The van der Waals surface area contributed by atoms with E-state index in [1.165, 1.54) is 19.3 Å². The van der Waals surface area contributed by atoms with Crippen LogP contribution in [0.5, 0.6) is 5.75 Å². The van der Waals surface area contributed by atoms with Gasteiger partial charge < -0.3 is 15.4 Å². The molecule has 1 unspecified atom stereocenters. The Hall–Kier alpha value is -2.32. The van der Waals surface area contributed by atoms with Gasteiger partial charge in [0.1, 0.15) is 17.5 Å². The number of ether oxygens (including phenoxy) is 1. The molecule has 0 bridgehead atoms. The van der Waals surface area contributed by atoms with E-state index in [1.54, 1.807) is 13.8 Å². The Bertz CT molecular complexity index is 673. The first kappa shape index (κ1) is 20.0. The van der Waals surface area contributed by atoms with Crippen molar-refractivity contribution in [2.75, 3.05) is 13.7 Å². The number of aromatic nitrogens is 1. The predicted molar refractivity (Wildman–Crippen MR) is 87.9 cm³/mol. The average Bonchev–Trinajstić information content (AvgIpc) is 3.40. The van der Waals surface area contributed by atoms with Crippen molar-refractivity contribution in [3.63, 3.8) is 0 Å². The lowest BCUT2D eigenvalue weighted by Crippen LogP contribution is -2.48. The van der Waals surface area contributed by atoms with Crippen LogP contribution in [0, 0.1) is 5.92 Å². The van der Waals surface area contributed by atoms with E-state index in [-0.39, 0.29) is 29.2 Å². The molecule has 1 saturated carbocycles. The Kier molecular flexibility index (Phi) is 6.09. The highest BCUT2D eigenvalue weighted by molar-refractivity contribution is 5.96. The molecule has 1 atom stereocenters. The Morgan fingerprint density at radius 1 is 1.35 bits per heavy atom. The maximum Gasteiger partial charge on any atom is 0.422 e. The molecule has 0 saturated heterocycles. The molecule has 1 aliphatic rings. The zero-order chi connectivity index (χ0) is 19.5. The molecule has 0 spiro atoms. The molecule has 144 valence electrons. The number of carbonyl (C=O) groups is 2. The molecule has 2 rings (SSSR count). The fourth-order valence-corrected chi connectivity index (χ4v) is 2.46. The smallest absolute Gasteiger partial charge is 0.422 e. The first-order valence-electron chi connectivity index (χ1n) is 8.34. The fraction of sp³-hybridized carbons (Fsp3) is 0.588. The second kappa shape index (κ2) is 7.92. The van der Waals surface area contributed by atoms with Crippen molar-refractivity contribution in [2.45, 2.75) is 44.8 Å². The molecule has 0 aliphatic heterocycles. The van der Waals surface area contributed by atoms with Gasteiger partial charge in [-0.15, -0.1) is 0 Å². The summed E-state index contributed by atoms with van der Waals surface area (Å²) in [6.45, 7) is 2.09. The summed E-state index contributed by atoms with van der Waals surface area (Å²) in [4.78, 5) is 28.3. The fourth-order valence-electron chi connectivity index (χ4n) is 2.46. The summed E-state index contributed by atoms with van der Waals surface area (Å²) in [6, 6.07) is 0.424. The third kappa shape index (κ3) is 5.34. The topological polar surface area (TPSA) is 80.3 Å². The van der Waals surface area contributed by atoms with Crippen molar-refractivity contribution in [2.24, 2.45) is 5.92 Å². The van der Waals surface area contributed by atoms with Crippen LogP contribution in [0.15, 0.2) is 12.3 Å². The highest BCUT2D eigenvalue weighted by Crippen LogP contribution is 2.44. The number of pyridine rings is 1. The molecular weight excluding hydrogens is 351 g/mol. The van der Waals surface area contributed by atoms with Gasteiger partial charge in [0.25, 0.3) is 5.91 Å². The molecule has 26 heavy (non-hydrogen) atoms. The minimum absolute atomic E-state index is 0.00557. The molecule has 2 amide bonds. The molecule has 1 aliphatic carbocycles. The number of amides is 2. The lowest BCUT2D eigenvalue weighted by atomic mass is 10.0. The van der Waals surface area contributed by atoms with Crippen LogP contribution < -0.4 is 15.4 Å². The summed E-state index contributed by atoms with van der Waals surface area (Å²) in [5, 5.41) is 5.02.